The van der Waals surface area contributed by atoms with E-state index >= 15 is 0 Å². The largest absolute Gasteiger partial charge is 0.494 e. The second-order valence-corrected chi connectivity index (χ2v) is 7.26. The molecule has 0 saturated carbocycles. The van der Waals surface area contributed by atoms with Gasteiger partial charge >= 0.3 is 0 Å². The fraction of sp³-hybridized carbons (Fsp3) is 0.409. The van der Waals surface area contributed by atoms with Crippen LogP contribution < -0.4 is 10.1 Å². The molecule has 134 valence electrons. The average Bonchev–Trinajstić information content (AvgIpc) is 2.59. The summed E-state index contributed by atoms with van der Waals surface area (Å²) in [5, 5.41) is 3.00. The highest BCUT2D eigenvalue weighted by Crippen LogP contribution is 2.22. The first-order chi connectivity index (χ1) is 11.9. The Balaban J connectivity index is 1.76. The molecule has 0 aromatic heterocycles. The Hall–Kier alpha value is -2.29. The smallest absolute Gasteiger partial charge is 0.251 e. The summed E-state index contributed by atoms with van der Waals surface area (Å²) in [7, 11) is 0. The zero-order valence-electron chi connectivity index (χ0n) is 15.8. The van der Waals surface area contributed by atoms with Crippen LogP contribution in [-0.2, 0) is 11.8 Å². The third-order valence-corrected chi connectivity index (χ3v) is 4.18. The molecule has 0 radical (unpaired) electrons. The predicted octanol–water partition coefficient (Wildman–Crippen LogP) is 4.75. The lowest BCUT2D eigenvalue weighted by Crippen LogP contribution is -2.25. The Morgan fingerprint density at radius 1 is 1.00 bits per heavy atom. The first kappa shape index (κ1) is 19.0. The van der Waals surface area contributed by atoms with Gasteiger partial charge in [0, 0.05) is 12.1 Å². The van der Waals surface area contributed by atoms with E-state index in [4.69, 9.17) is 4.74 Å². The molecule has 1 N–H and O–H groups in total. The van der Waals surface area contributed by atoms with Gasteiger partial charge in [-0.15, -0.1) is 0 Å². The number of ether oxygens (including phenoxy) is 1. The Morgan fingerprint density at radius 3 is 2.20 bits per heavy atom. The van der Waals surface area contributed by atoms with Gasteiger partial charge in [0.1, 0.15) is 5.75 Å². The van der Waals surface area contributed by atoms with E-state index in [-0.39, 0.29) is 11.3 Å². The van der Waals surface area contributed by atoms with Crippen LogP contribution in [-0.4, -0.2) is 19.1 Å². The summed E-state index contributed by atoms with van der Waals surface area (Å²) in [5.74, 6) is 0.894. The summed E-state index contributed by atoms with van der Waals surface area (Å²) in [6.45, 7) is 9.84. The van der Waals surface area contributed by atoms with Gasteiger partial charge in [-0.25, -0.2) is 0 Å². The third-order valence-electron chi connectivity index (χ3n) is 4.18. The lowest BCUT2D eigenvalue weighted by molar-refractivity contribution is 0.0953. The van der Waals surface area contributed by atoms with Crippen molar-refractivity contribution in [3.8, 4) is 5.75 Å². The van der Waals surface area contributed by atoms with Gasteiger partial charge in [-0.05, 0) is 60.6 Å². The molecule has 25 heavy (non-hydrogen) atoms. The van der Waals surface area contributed by atoms with Crippen molar-refractivity contribution in [2.24, 2.45) is 0 Å². The topological polar surface area (TPSA) is 38.3 Å². The highest BCUT2D eigenvalue weighted by atomic mass is 16.5. The second-order valence-electron chi connectivity index (χ2n) is 7.26. The fourth-order valence-corrected chi connectivity index (χ4v) is 2.64. The summed E-state index contributed by atoms with van der Waals surface area (Å²) in [5.41, 5.74) is 3.31. The summed E-state index contributed by atoms with van der Waals surface area (Å²) in [6, 6.07) is 16.0. The molecule has 0 bridgehead atoms. The van der Waals surface area contributed by atoms with Crippen molar-refractivity contribution in [1.29, 1.82) is 0 Å². The van der Waals surface area contributed by atoms with Crippen molar-refractivity contribution < 1.29 is 9.53 Å². The number of carbonyl (C=O) groups is 1. The van der Waals surface area contributed by atoms with Crippen LogP contribution in [0.3, 0.4) is 0 Å². The monoisotopic (exact) mass is 339 g/mol. The van der Waals surface area contributed by atoms with E-state index in [0.717, 1.165) is 18.6 Å². The van der Waals surface area contributed by atoms with Gasteiger partial charge < -0.3 is 10.1 Å². The molecule has 0 aliphatic rings. The Morgan fingerprint density at radius 2 is 1.64 bits per heavy atom. The van der Waals surface area contributed by atoms with Crippen LogP contribution in [0.1, 0.15) is 55.6 Å². The normalized spacial score (nSPS) is 11.2. The zero-order valence-corrected chi connectivity index (χ0v) is 15.8. The quantitative estimate of drug-likeness (QED) is 0.740. The van der Waals surface area contributed by atoms with Gasteiger partial charge in [-0.2, -0.15) is 0 Å². The molecule has 0 heterocycles. The molecule has 2 aromatic rings. The van der Waals surface area contributed by atoms with Crippen LogP contribution in [0.4, 0.5) is 0 Å². The predicted molar refractivity (Wildman–Crippen MR) is 103 cm³/mol. The number of nitrogens with one attached hydrogen (secondary N) is 1. The number of aryl methyl sites for hydroxylation is 1. The first-order valence-electron chi connectivity index (χ1n) is 9.00. The lowest BCUT2D eigenvalue weighted by atomic mass is 9.87. The van der Waals surface area contributed by atoms with Crippen molar-refractivity contribution in [3.63, 3.8) is 0 Å². The molecule has 0 aliphatic carbocycles. The molecule has 3 nitrogen and oxygen atoms in total. The van der Waals surface area contributed by atoms with E-state index in [2.05, 4.69) is 38.2 Å². The molecule has 0 unspecified atom stereocenters. The molecular weight excluding hydrogens is 310 g/mol. The molecule has 0 aliphatic heterocycles. The highest BCUT2D eigenvalue weighted by molar-refractivity contribution is 5.94. The Kier molecular flexibility index (Phi) is 6.63. The van der Waals surface area contributed by atoms with Crippen molar-refractivity contribution in [3.05, 3.63) is 65.2 Å². The van der Waals surface area contributed by atoms with E-state index < -0.39 is 0 Å². The van der Waals surface area contributed by atoms with E-state index in [1.54, 1.807) is 0 Å². The van der Waals surface area contributed by atoms with E-state index in [1.165, 1.54) is 11.1 Å². The minimum atomic E-state index is -0.00727. The fourth-order valence-electron chi connectivity index (χ4n) is 2.64. The van der Waals surface area contributed by atoms with Crippen LogP contribution >= 0.6 is 0 Å². The number of hydrogen-bond acceptors (Lipinski definition) is 2. The molecule has 2 rings (SSSR count). The maximum Gasteiger partial charge on any atom is 0.251 e. The van der Waals surface area contributed by atoms with Crippen LogP contribution in [0.15, 0.2) is 48.5 Å². The van der Waals surface area contributed by atoms with Crippen molar-refractivity contribution in [2.45, 2.75) is 46.0 Å². The standard InChI is InChI=1S/C22H29NO2/c1-5-25-20-14-8-17(9-15-20)7-6-16-23-21(24)18-10-12-19(13-11-18)22(2,3)4/h8-15H,5-7,16H2,1-4H3,(H,23,24). The van der Waals surface area contributed by atoms with Crippen LogP contribution in [0.5, 0.6) is 5.75 Å². The number of benzene rings is 2. The minimum Gasteiger partial charge on any atom is -0.494 e. The van der Waals surface area contributed by atoms with Crippen molar-refractivity contribution >= 4 is 5.91 Å². The first-order valence-corrected chi connectivity index (χ1v) is 9.00. The molecule has 1 amide bonds. The maximum atomic E-state index is 12.2. The zero-order chi connectivity index (χ0) is 18.3. The second kappa shape index (κ2) is 8.70. The molecule has 0 spiro atoms. The Labute approximate surface area is 151 Å². The molecule has 0 fully saturated rings. The number of carbonyl (C=O) groups excluding carboxylic acids is 1. The minimum absolute atomic E-state index is 0.00727. The third kappa shape index (κ3) is 5.93. The highest BCUT2D eigenvalue weighted by Gasteiger charge is 2.14. The van der Waals surface area contributed by atoms with E-state index in [9.17, 15) is 4.79 Å². The van der Waals surface area contributed by atoms with E-state index in [0.29, 0.717) is 18.7 Å². The van der Waals surface area contributed by atoms with Crippen LogP contribution in [0.2, 0.25) is 0 Å². The SMILES string of the molecule is CCOc1ccc(CCCNC(=O)c2ccc(C(C)(C)C)cc2)cc1. The molecule has 0 atom stereocenters. The molecule has 2 aromatic carbocycles. The number of hydrogen-bond donors (Lipinski definition) is 1. The molecule has 3 heteroatoms. The summed E-state index contributed by atoms with van der Waals surface area (Å²) >= 11 is 0. The van der Waals surface area contributed by atoms with Gasteiger partial charge in [0.2, 0.25) is 0 Å². The van der Waals surface area contributed by atoms with Gasteiger partial charge in [-0.1, -0.05) is 45.0 Å². The lowest BCUT2D eigenvalue weighted by Gasteiger charge is -2.19. The van der Waals surface area contributed by atoms with Crippen LogP contribution in [0, 0.1) is 0 Å². The average molecular weight is 339 g/mol. The van der Waals surface area contributed by atoms with Crippen LogP contribution in [0.25, 0.3) is 0 Å². The Bertz CT molecular complexity index is 667. The van der Waals surface area contributed by atoms with Gasteiger partial charge in [0.25, 0.3) is 5.91 Å². The van der Waals surface area contributed by atoms with Gasteiger partial charge in [-0.3, -0.25) is 4.79 Å². The van der Waals surface area contributed by atoms with Crippen molar-refractivity contribution in [2.75, 3.05) is 13.2 Å². The summed E-state index contributed by atoms with van der Waals surface area (Å²) in [6.07, 6.45) is 1.86. The molecular formula is C22H29NO2. The number of amides is 1. The summed E-state index contributed by atoms with van der Waals surface area (Å²) < 4.78 is 5.44. The number of rotatable bonds is 7. The molecule has 0 saturated heterocycles. The maximum absolute atomic E-state index is 12.2. The van der Waals surface area contributed by atoms with Gasteiger partial charge in [0.05, 0.1) is 6.61 Å². The summed E-state index contributed by atoms with van der Waals surface area (Å²) in [4.78, 5) is 12.2. The van der Waals surface area contributed by atoms with E-state index in [1.807, 2.05) is 43.3 Å². The van der Waals surface area contributed by atoms with Gasteiger partial charge in [0.15, 0.2) is 0 Å². The van der Waals surface area contributed by atoms with Crippen molar-refractivity contribution in [1.82, 2.24) is 5.32 Å².